The SMILES string of the molecule is CCc1c(C(=O)N(C)Cc2nc3ccccc3[nH]2)cnn1C(C)(C)C. The highest BCUT2D eigenvalue weighted by atomic mass is 16.2. The van der Waals surface area contributed by atoms with Gasteiger partial charge in [-0.1, -0.05) is 19.1 Å². The van der Waals surface area contributed by atoms with Crippen molar-refractivity contribution in [3.8, 4) is 0 Å². The number of carbonyl (C=O) groups is 1. The number of benzene rings is 1. The molecule has 0 aliphatic heterocycles. The van der Waals surface area contributed by atoms with Crippen LogP contribution in [0.25, 0.3) is 11.0 Å². The number of aromatic nitrogens is 4. The van der Waals surface area contributed by atoms with Crippen LogP contribution in [0.5, 0.6) is 0 Å². The van der Waals surface area contributed by atoms with Crippen molar-refractivity contribution in [2.75, 3.05) is 7.05 Å². The molecule has 25 heavy (non-hydrogen) atoms. The molecule has 6 heteroatoms. The van der Waals surface area contributed by atoms with Gasteiger partial charge < -0.3 is 9.88 Å². The minimum absolute atomic E-state index is 0.0344. The van der Waals surface area contributed by atoms with Crippen LogP contribution in [-0.2, 0) is 18.5 Å². The van der Waals surface area contributed by atoms with Gasteiger partial charge in [0.2, 0.25) is 0 Å². The Morgan fingerprint density at radius 3 is 2.64 bits per heavy atom. The molecule has 1 N–H and O–H groups in total. The van der Waals surface area contributed by atoms with Crippen LogP contribution in [0.4, 0.5) is 0 Å². The second-order valence-corrected chi connectivity index (χ2v) is 7.30. The lowest BCUT2D eigenvalue weighted by Gasteiger charge is -2.23. The zero-order chi connectivity index (χ0) is 18.2. The third-order valence-corrected chi connectivity index (χ3v) is 4.24. The second-order valence-electron chi connectivity index (χ2n) is 7.30. The Morgan fingerprint density at radius 1 is 1.28 bits per heavy atom. The molecular weight excluding hydrogens is 314 g/mol. The van der Waals surface area contributed by atoms with E-state index in [1.807, 2.05) is 28.9 Å². The van der Waals surface area contributed by atoms with Crippen LogP contribution in [0.3, 0.4) is 0 Å². The van der Waals surface area contributed by atoms with Gasteiger partial charge in [0.15, 0.2) is 0 Å². The summed E-state index contributed by atoms with van der Waals surface area (Å²) in [5, 5.41) is 4.45. The molecule has 6 nitrogen and oxygen atoms in total. The molecule has 3 aromatic rings. The summed E-state index contributed by atoms with van der Waals surface area (Å²) in [5.74, 6) is 0.742. The minimum Gasteiger partial charge on any atom is -0.340 e. The van der Waals surface area contributed by atoms with E-state index in [2.05, 4.69) is 42.8 Å². The largest absolute Gasteiger partial charge is 0.340 e. The molecule has 2 heterocycles. The van der Waals surface area contributed by atoms with E-state index in [-0.39, 0.29) is 11.4 Å². The Labute approximate surface area is 147 Å². The quantitative estimate of drug-likeness (QED) is 0.792. The van der Waals surface area contributed by atoms with Gasteiger partial charge in [0.05, 0.1) is 40.6 Å². The highest BCUT2D eigenvalue weighted by Gasteiger charge is 2.25. The Bertz CT molecular complexity index is 867. The topological polar surface area (TPSA) is 66.8 Å². The lowest BCUT2D eigenvalue weighted by atomic mass is 10.1. The van der Waals surface area contributed by atoms with E-state index in [0.717, 1.165) is 29.0 Å². The van der Waals surface area contributed by atoms with Crippen molar-refractivity contribution in [3.05, 3.63) is 47.5 Å². The Balaban J connectivity index is 1.84. The number of aromatic amines is 1. The van der Waals surface area contributed by atoms with Crippen molar-refractivity contribution in [2.24, 2.45) is 0 Å². The highest BCUT2D eigenvalue weighted by molar-refractivity contribution is 5.95. The van der Waals surface area contributed by atoms with Gasteiger partial charge in [-0.2, -0.15) is 5.10 Å². The van der Waals surface area contributed by atoms with E-state index >= 15 is 0 Å². The van der Waals surface area contributed by atoms with Crippen molar-refractivity contribution in [2.45, 2.75) is 46.2 Å². The van der Waals surface area contributed by atoms with E-state index < -0.39 is 0 Å². The van der Waals surface area contributed by atoms with Crippen molar-refractivity contribution in [1.29, 1.82) is 0 Å². The first-order valence-electron chi connectivity index (χ1n) is 8.57. The smallest absolute Gasteiger partial charge is 0.257 e. The maximum Gasteiger partial charge on any atom is 0.257 e. The van der Waals surface area contributed by atoms with Crippen molar-refractivity contribution >= 4 is 16.9 Å². The van der Waals surface area contributed by atoms with Gasteiger partial charge in [-0.05, 0) is 39.3 Å². The molecule has 132 valence electrons. The van der Waals surface area contributed by atoms with Crippen LogP contribution in [-0.4, -0.2) is 37.6 Å². The maximum absolute atomic E-state index is 12.9. The van der Waals surface area contributed by atoms with Gasteiger partial charge in [-0.15, -0.1) is 0 Å². The molecule has 0 radical (unpaired) electrons. The number of nitrogens with one attached hydrogen (secondary N) is 1. The maximum atomic E-state index is 12.9. The monoisotopic (exact) mass is 339 g/mol. The van der Waals surface area contributed by atoms with Crippen molar-refractivity contribution in [1.82, 2.24) is 24.6 Å². The van der Waals surface area contributed by atoms with Crippen LogP contribution in [0.1, 0.15) is 49.6 Å². The molecule has 0 aliphatic rings. The predicted octanol–water partition coefficient (Wildman–Crippen LogP) is 3.35. The summed E-state index contributed by atoms with van der Waals surface area (Å²) in [4.78, 5) is 22.4. The number of hydrogen-bond donors (Lipinski definition) is 1. The van der Waals surface area contributed by atoms with Gasteiger partial charge in [0.1, 0.15) is 5.82 Å². The first-order valence-corrected chi connectivity index (χ1v) is 8.57. The van der Waals surface area contributed by atoms with Crippen LogP contribution in [0.15, 0.2) is 30.5 Å². The molecule has 0 bridgehead atoms. The van der Waals surface area contributed by atoms with E-state index in [4.69, 9.17) is 0 Å². The number of amides is 1. The molecule has 1 aromatic carbocycles. The number of imidazole rings is 1. The third kappa shape index (κ3) is 3.29. The first-order chi connectivity index (χ1) is 11.8. The summed E-state index contributed by atoms with van der Waals surface area (Å²) >= 11 is 0. The van der Waals surface area contributed by atoms with Gasteiger partial charge >= 0.3 is 0 Å². The molecule has 0 saturated heterocycles. The van der Waals surface area contributed by atoms with Gasteiger partial charge in [-0.25, -0.2) is 4.98 Å². The van der Waals surface area contributed by atoms with E-state index in [0.29, 0.717) is 12.1 Å². The number of para-hydroxylation sites is 2. The molecule has 3 rings (SSSR count). The Morgan fingerprint density at radius 2 is 2.00 bits per heavy atom. The van der Waals surface area contributed by atoms with Gasteiger partial charge in [0, 0.05) is 7.05 Å². The molecule has 1 amide bonds. The summed E-state index contributed by atoms with van der Waals surface area (Å²) in [6.45, 7) is 8.75. The number of carbonyl (C=O) groups excluding carboxylic acids is 1. The molecule has 0 fully saturated rings. The lowest BCUT2D eigenvalue weighted by molar-refractivity contribution is 0.0780. The highest BCUT2D eigenvalue weighted by Crippen LogP contribution is 2.21. The zero-order valence-corrected chi connectivity index (χ0v) is 15.5. The number of H-pyrrole nitrogens is 1. The van der Waals surface area contributed by atoms with Crippen LogP contribution < -0.4 is 0 Å². The molecule has 0 unspecified atom stereocenters. The predicted molar refractivity (Wildman–Crippen MR) is 98.5 cm³/mol. The molecule has 0 spiro atoms. The average Bonchev–Trinajstić information content (AvgIpc) is 3.16. The Hall–Kier alpha value is -2.63. The van der Waals surface area contributed by atoms with Crippen LogP contribution in [0, 0.1) is 0 Å². The number of nitrogens with zero attached hydrogens (tertiary/aromatic N) is 4. The fraction of sp³-hybridized carbons (Fsp3) is 0.421. The van der Waals surface area contributed by atoms with Gasteiger partial charge in [0.25, 0.3) is 5.91 Å². The number of rotatable bonds is 4. The average molecular weight is 339 g/mol. The van der Waals surface area contributed by atoms with E-state index in [9.17, 15) is 4.79 Å². The zero-order valence-electron chi connectivity index (χ0n) is 15.5. The van der Waals surface area contributed by atoms with Gasteiger partial charge in [-0.3, -0.25) is 9.48 Å². The lowest BCUT2D eigenvalue weighted by Crippen LogP contribution is -2.29. The fourth-order valence-corrected chi connectivity index (χ4v) is 3.05. The molecule has 2 aromatic heterocycles. The second kappa shape index (κ2) is 6.35. The first kappa shape index (κ1) is 17.2. The van der Waals surface area contributed by atoms with Crippen LogP contribution in [0.2, 0.25) is 0 Å². The standard InChI is InChI=1S/C19H25N5O/c1-6-16-13(11-20-24(16)19(2,3)4)18(25)23(5)12-17-21-14-9-7-8-10-15(14)22-17/h7-11H,6,12H2,1-5H3,(H,21,22). The molecule has 0 atom stereocenters. The van der Waals surface area contributed by atoms with Crippen molar-refractivity contribution in [3.63, 3.8) is 0 Å². The summed E-state index contributed by atoms with van der Waals surface area (Å²) in [6, 6.07) is 7.86. The normalized spacial score (nSPS) is 11.9. The summed E-state index contributed by atoms with van der Waals surface area (Å²) in [6.07, 6.45) is 2.44. The fourth-order valence-electron chi connectivity index (χ4n) is 3.05. The molecular formula is C19H25N5O. The van der Waals surface area contributed by atoms with E-state index in [1.165, 1.54) is 0 Å². The van der Waals surface area contributed by atoms with Crippen LogP contribution >= 0.6 is 0 Å². The minimum atomic E-state index is -0.152. The summed E-state index contributed by atoms with van der Waals surface area (Å²) < 4.78 is 1.94. The number of hydrogen-bond acceptors (Lipinski definition) is 3. The summed E-state index contributed by atoms with van der Waals surface area (Å²) in [7, 11) is 1.80. The Kier molecular flexibility index (Phi) is 4.37. The third-order valence-electron chi connectivity index (χ3n) is 4.24. The number of fused-ring (bicyclic) bond motifs is 1. The molecule has 0 aliphatic carbocycles. The van der Waals surface area contributed by atoms with E-state index in [1.54, 1.807) is 18.1 Å². The summed E-state index contributed by atoms with van der Waals surface area (Å²) in [5.41, 5.74) is 3.37. The molecule has 0 saturated carbocycles. The van der Waals surface area contributed by atoms with Crippen molar-refractivity contribution < 1.29 is 4.79 Å².